The van der Waals surface area contributed by atoms with Crippen LogP contribution in [0.15, 0.2) is 41.2 Å². The van der Waals surface area contributed by atoms with Gasteiger partial charge in [0, 0.05) is 36.8 Å². The fourth-order valence-corrected chi connectivity index (χ4v) is 5.12. The number of nitrogens with one attached hydrogen (secondary N) is 1. The summed E-state index contributed by atoms with van der Waals surface area (Å²) in [5.74, 6) is -0.311. The molecule has 1 atom stereocenters. The number of hydrogen-bond acceptors (Lipinski definition) is 6. The normalized spacial score (nSPS) is 18.0. The third kappa shape index (κ3) is 3.81. The molecule has 8 heteroatoms. The molecule has 1 spiro atoms. The molecule has 0 radical (unpaired) electrons. The van der Waals surface area contributed by atoms with Gasteiger partial charge in [-0.25, -0.2) is 9.78 Å². The number of aryl methyl sites for hydroxylation is 1. The predicted octanol–water partition coefficient (Wildman–Crippen LogP) is 3.73. The standard InChI is InChI=1S/C26H30N4O4/c1-16-12-19(17(2)27-21-7-5-4-6-18(21)24(32)33)22-20(13-16)23(31)29(3)25(28-22)30-10-8-26(9-11-30)14-34-15-26/h4-7,12-13,17,27H,8-11,14-15H2,1-3H3,(H,32,33)/t17-/m1/s1. The fourth-order valence-electron chi connectivity index (χ4n) is 5.12. The van der Waals surface area contributed by atoms with Gasteiger partial charge >= 0.3 is 5.97 Å². The van der Waals surface area contributed by atoms with E-state index in [0.29, 0.717) is 28.0 Å². The van der Waals surface area contributed by atoms with E-state index in [1.165, 1.54) is 0 Å². The Hall–Kier alpha value is -3.39. The van der Waals surface area contributed by atoms with Crippen LogP contribution in [0.3, 0.4) is 0 Å². The van der Waals surface area contributed by atoms with Crippen molar-refractivity contribution >= 4 is 28.5 Å². The number of carboxylic acids is 1. The summed E-state index contributed by atoms with van der Waals surface area (Å²) in [7, 11) is 1.79. The SMILES string of the molecule is Cc1cc([C@@H](C)Nc2ccccc2C(=O)O)c2nc(N3CCC4(CC3)COC4)n(C)c(=O)c2c1. The molecule has 2 N–H and O–H groups in total. The summed E-state index contributed by atoms with van der Waals surface area (Å²) in [5.41, 5.74) is 3.45. The van der Waals surface area contributed by atoms with Gasteiger partial charge in [0.1, 0.15) is 0 Å². The minimum absolute atomic E-state index is 0.0737. The first-order valence-electron chi connectivity index (χ1n) is 11.7. The summed E-state index contributed by atoms with van der Waals surface area (Å²) in [6.07, 6.45) is 2.07. The highest BCUT2D eigenvalue weighted by Gasteiger charge is 2.41. The minimum atomic E-state index is -0.988. The van der Waals surface area contributed by atoms with Gasteiger partial charge in [0.05, 0.1) is 35.7 Å². The van der Waals surface area contributed by atoms with Gasteiger partial charge < -0.3 is 20.1 Å². The van der Waals surface area contributed by atoms with E-state index in [-0.39, 0.29) is 17.2 Å². The number of aromatic nitrogens is 2. The van der Waals surface area contributed by atoms with Crippen LogP contribution in [-0.4, -0.2) is 46.9 Å². The summed E-state index contributed by atoms with van der Waals surface area (Å²) in [6, 6.07) is 10.5. The Kier molecular flexibility index (Phi) is 5.56. The van der Waals surface area contributed by atoms with E-state index in [1.54, 1.807) is 35.9 Å². The number of hydrogen-bond donors (Lipinski definition) is 2. The molecule has 2 aromatic carbocycles. The Bertz CT molecular complexity index is 1320. The zero-order chi connectivity index (χ0) is 24.0. The molecule has 3 aromatic rings. The maximum Gasteiger partial charge on any atom is 0.337 e. The number of aromatic carboxylic acids is 1. The minimum Gasteiger partial charge on any atom is -0.478 e. The number of fused-ring (bicyclic) bond motifs is 1. The van der Waals surface area contributed by atoms with Crippen LogP contribution in [0.2, 0.25) is 0 Å². The lowest BCUT2D eigenvalue weighted by atomic mass is 9.77. The molecule has 34 heavy (non-hydrogen) atoms. The molecule has 2 fully saturated rings. The number of carboxylic acid groups (broad SMARTS) is 1. The van der Waals surface area contributed by atoms with Crippen LogP contribution < -0.4 is 15.8 Å². The summed E-state index contributed by atoms with van der Waals surface area (Å²) in [5, 5.41) is 13.5. The average Bonchev–Trinajstić information content (AvgIpc) is 2.80. The molecule has 0 bridgehead atoms. The second-order valence-corrected chi connectivity index (χ2v) is 9.72. The molecule has 0 unspecified atom stereocenters. The van der Waals surface area contributed by atoms with Crippen molar-refractivity contribution in [2.75, 3.05) is 36.5 Å². The second-order valence-electron chi connectivity index (χ2n) is 9.72. The first kappa shape index (κ1) is 22.4. The van der Waals surface area contributed by atoms with Gasteiger partial charge in [-0.15, -0.1) is 0 Å². The van der Waals surface area contributed by atoms with Crippen molar-refractivity contribution in [3.63, 3.8) is 0 Å². The summed E-state index contributed by atoms with van der Waals surface area (Å²) >= 11 is 0. The zero-order valence-corrected chi connectivity index (χ0v) is 19.8. The van der Waals surface area contributed by atoms with Crippen molar-refractivity contribution in [2.45, 2.75) is 32.7 Å². The lowest BCUT2D eigenvalue weighted by Gasteiger charge is -2.47. The highest BCUT2D eigenvalue weighted by Crippen LogP contribution is 2.39. The molecule has 5 rings (SSSR count). The van der Waals surface area contributed by atoms with E-state index in [1.807, 2.05) is 26.0 Å². The van der Waals surface area contributed by atoms with E-state index >= 15 is 0 Å². The van der Waals surface area contributed by atoms with Crippen LogP contribution in [0.4, 0.5) is 11.6 Å². The molecular formula is C26H30N4O4. The van der Waals surface area contributed by atoms with Gasteiger partial charge in [-0.05, 0) is 50.5 Å². The second kappa shape index (κ2) is 8.43. The number of anilines is 2. The molecule has 3 heterocycles. The van der Waals surface area contributed by atoms with Crippen LogP contribution in [0.1, 0.15) is 47.3 Å². The summed E-state index contributed by atoms with van der Waals surface area (Å²) in [6.45, 7) is 7.27. The third-order valence-electron chi connectivity index (χ3n) is 7.25. The largest absolute Gasteiger partial charge is 0.478 e. The molecule has 178 valence electrons. The van der Waals surface area contributed by atoms with Crippen molar-refractivity contribution in [3.05, 3.63) is 63.4 Å². The number of nitrogens with zero attached hydrogens (tertiary/aromatic N) is 3. The van der Waals surface area contributed by atoms with E-state index in [2.05, 4.69) is 10.2 Å². The van der Waals surface area contributed by atoms with E-state index in [0.717, 1.165) is 50.3 Å². The van der Waals surface area contributed by atoms with Gasteiger partial charge in [-0.1, -0.05) is 18.2 Å². The van der Waals surface area contributed by atoms with Crippen LogP contribution in [0.25, 0.3) is 10.9 Å². The van der Waals surface area contributed by atoms with Crippen LogP contribution >= 0.6 is 0 Å². The highest BCUT2D eigenvalue weighted by atomic mass is 16.5. The molecule has 1 aromatic heterocycles. The molecule has 8 nitrogen and oxygen atoms in total. The number of benzene rings is 2. The predicted molar refractivity (Wildman–Crippen MR) is 132 cm³/mol. The van der Waals surface area contributed by atoms with Crippen molar-refractivity contribution in [3.8, 4) is 0 Å². The number of carbonyl (C=O) groups is 1. The van der Waals surface area contributed by atoms with Crippen molar-refractivity contribution in [2.24, 2.45) is 12.5 Å². The molecule has 0 amide bonds. The van der Waals surface area contributed by atoms with Gasteiger partial charge in [-0.2, -0.15) is 0 Å². The summed E-state index contributed by atoms with van der Waals surface area (Å²) in [4.78, 5) is 32.3. The number of para-hydroxylation sites is 1. The molecular weight excluding hydrogens is 432 g/mol. The fraction of sp³-hybridized carbons (Fsp3) is 0.423. The first-order valence-corrected chi connectivity index (χ1v) is 11.7. The van der Waals surface area contributed by atoms with Gasteiger partial charge in [0.2, 0.25) is 5.95 Å². The maximum absolute atomic E-state index is 13.4. The van der Waals surface area contributed by atoms with E-state index < -0.39 is 5.97 Å². The van der Waals surface area contributed by atoms with Crippen LogP contribution in [-0.2, 0) is 11.8 Å². The Morgan fingerprint density at radius 3 is 2.56 bits per heavy atom. The Balaban J connectivity index is 1.54. The van der Waals surface area contributed by atoms with Crippen LogP contribution in [0.5, 0.6) is 0 Å². The quantitative estimate of drug-likeness (QED) is 0.596. The monoisotopic (exact) mass is 462 g/mol. The smallest absolute Gasteiger partial charge is 0.337 e. The van der Waals surface area contributed by atoms with Gasteiger partial charge in [0.25, 0.3) is 5.56 Å². The lowest BCUT2D eigenvalue weighted by molar-refractivity contribution is -0.124. The van der Waals surface area contributed by atoms with Crippen LogP contribution in [0, 0.1) is 12.3 Å². The lowest BCUT2D eigenvalue weighted by Crippen LogP contribution is -2.51. The van der Waals surface area contributed by atoms with Gasteiger partial charge in [-0.3, -0.25) is 9.36 Å². The van der Waals surface area contributed by atoms with Gasteiger partial charge in [0.15, 0.2) is 0 Å². The maximum atomic E-state index is 13.4. The Labute approximate surface area is 198 Å². The molecule has 2 saturated heterocycles. The number of rotatable bonds is 5. The topological polar surface area (TPSA) is 96.7 Å². The first-order chi connectivity index (χ1) is 16.3. The van der Waals surface area contributed by atoms with E-state index in [4.69, 9.17) is 9.72 Å². The molecule has 2 aliphatic rings. The molecule has 2 aliphatic heterocycles. The average molecular weight is 463 g/mol. The highest BCUT2D eigenvalue weighted by molar-refractivity contribution is 5.94. The number of piperidine rings is 1. The van der Waals surface area contributed by atoms with Crippen molar-refractivity contribution < 1.29 is 14.6 Å². The van der Waals surface area contributed by atoms with Crippen molar-refractivity contribution in [1.82, 2.24) is 9.55 Å². The Morgan fingerprint density at radius 1 is 1.21 bits per heavy atom. The number of ether oxygens (including phenoxy) is 1. The third-order valence-corrected chi connectivity index (χ3v) is 7.25. The Morgan fingerprint density at radius 2 is 1.91 bits per heavy atom. The molecule has 0 saturated carbocycles. The summed E-state index contributed by atoms with van der Waals surface area (Å²) < 4.78 is 7.10. The van der Waals surface area contributed by atoms with E-state index in [9.17, 15) is 14.7 Å². The van der Waals surface area contributed by atoms with Crippen molar-refractivity contribution in [1.29, 1.82) is 0 Å². The molecule has 0 aliphatic carbocycles. The zero-order valence-electron chi connectivity index (χ0n) is 19.8.